The third-order valence-electron chi connectivity index (χ3n) is 5.12. The van der Waals surface area contributed by atoms with Gasteiger partial charge in [-0.05, 0) is 42.7 Å². The zero-order chi connectivity index (χ0) is 22.6. The lowest BCUT2D eigenvalue weighted by molar-refractivity contribution is -0.117. The summed E-state index contributed by atoms with van der Waals surface area (Å²) in [7, 11) is -4.01. The lowest BCUT2D eigenvalue weighted by Crippen LogP contribution is -2.45. The van der Waals surface area contributed by atoms with Crippen LogP contribution in [0.25, 0.3) is 0 Å². The normalized spacial score (nSPS) is 13.9. The second-order valence-electron chi connectivity index (χ2n) is 7.47. The molecule has 0 spiro atoms. The average molecular weight is 453 g/mol. The molecule has 1 amide bonds. The summed E-state index contributed by atoms with van der Waals surface area (Å²) in [6, 6.07) is 20.0. The van der Waals surface area contributed by atoms with E-state index in [4.69, 9.17) is 9.47 Å². The number of hydrogen-bond acceptors (Lipinski definition) is 5. The fourth-order valence-electron chi connectivity index (χ4n) is 3.42. The standard InChI is InChI=1S/C24H24N2O5S/c1-17-7-5-6-10-20(17)25-24(27)21(15-18-8-3-2-4-9-18)26-32(28,29)19-11-12-22-23(16-19)31-14-13-30-22/h2-12,16,21,26H,13-15H2,1H3,(H,25,27). The van der Waals surface area contributed by atoms with Gasteiger partial charge in [-0.3, -0.25) is 4.79 Å². The van der Waals surface area contributed by atoms with Gasteiger partial charge in [0.05, 0.1) is 4.90 Å². The monoisotopic (exact) mass is 452 g/mol. The van der Waals surface area contributed by atoms with Crippen LogP contribution in [0.3, 0.4) is 0 Å². The largest absolute Gasteiger partial charge is 0.486 e. The van der Waals surface area contributed by atoms with E-state index in [0.717, 1.165) is 11.1 Å². The van der Waals surface area contributed by atoms with Crippen LogP contribution in [0.4, 0.5) is 5.69 Å². The molecule has 2 N–H and O–H groups in total. The van der Waals surface area contributed by atoms with Gasteiger partial charge < -0.3 is 14.8 Å². The Morgan fingerprint density at radius 1 is 0.938 bits per heavy atom. The highest BCUT2D eigenvalue weighted by Gasteiger charge is 2.27. The van der Waals surface area contributed by atoms with Crippen molar-refractivity contribution >= 4 is 21.6 Å². The highest BCUT2D eigenvalue weighted by Crippen LogP contribution is 2.32. The minimum absolute atomic E-state index is 0.00324. The molecule has 1 aliphatic heterocycles. The lowest BCUT2D eigenvalue weighted by Gasteiger charge is -2.21. The summed E-state index contributed by atoms with van der Waals surface area (Å²) in [5, 5.41) is 2.84. The molecule has 0 aromatic heterocycles. The maximum atomic E-state index is 13.2. The van der Waals surface area contributed by atoms with Crippen LogP contribution in [0.15, 0.2) is 77.7 Å². The first-order chi connectivity index (χ1) is 15.4. The summed E-state index contributed by atoms with van der Waals surface area (Å²) in [6.07, 6.45) is 0.197. The van der Waals surface area contributed by atoms with Crippen molar-refractivity contribution in [3.05, 3.63) is 83.9 Å². The molecule has 0 aliphatic carbocycles. The Kier molecular flexibility index (Phi) is 6.43. The molecular formula is C24H24N2O5S. The van der Waals surface area contributed by atoms with Crippen molar-refractivity contribution in [2.24, 2.45) is 0 Å². The number of carbonyl (C=O) groups excluding carboxylic acids is 1. The number of hydrogen-bond donors (Lipinski definition) is 2. The fraction of sp³-hybridized carbons (Fsp3) is 0.208. The molecule has 0 fully saturated rings. The van der Waals surface area contributed by atoms with E-state index in [0.29, 0.717) is 30.4 Å². The minimum Gasteiger partial charge on any atom is -0.486 e. The maximum Gasteiger partial charge on any atom is 0.242 e. The first-order valence-corrected chi connectivity index (χ1v) is 11.7. The quantitative estimate of drug-likeness (QED) is 0.574. The van der Waals surface area contributed by atoms with E-state index < -0.39 is 22.0 Å². The molecule has 0 saturated carbocycles. The Balaban J connectivity index is 1.60. The SMILES string of the molecule is Cc1ccccc1NC(=O)C(Cc1ccccc1)NS(=O)(=O)c1ccc2c(c1)OCCO2. The van der Waals surface area contributed by atoms with E-state index in [1.165, 1.54) is 12.1 Å². The zero-order valence-corrected chi connectivity index (χ0v) is 18.4. The van der Waals surface area contributed by atoms with Gasteiger partial charge in [0.15, 0.2) is 11.5 Å². The van der Waals surface area contributed by atoms with Crippen LogP contribution in [-0.2, 0) is 21.2 Å². The number of anilines is 1. The molecule has 3 aromatic rings. The summed E-state index contributed by atoms with van der Waals surface area (Å²) in [4.78, 5) is 13.1. The van der Waals surface area contributed by atoms with Crippen molar-refractivity contribution in [2.45, 2.75) is 24.3 Å². The van der Waals surface area contributed by atoms with Gasteiger partial charge in [-0.2, -0.15) is 4.72 Å². The molecule has 4 rings (SSSR count). The van der Waals surface area contributed by atoms with Crippen molar-refractivity contribution in [3.63, 3.8) is 0 Å². The van der Waals surface area contributed by atoms with Gasteiger partial charge in [0.1, 0.15) is 19.3 Å². The van der Waals surface area contributed by atoms with Crippen molar-refractivity contribution in [1.82, 2.24) is 4.72 Å². The molecule has 0 bridgehead atoms. The van der Waals surface area contributed by atoms with Crippen LogP contribution >= 0.6 is 0 Å². The van der Waals surface area contributed by atoms with Crippen LogP contribution in [-0.4, -0.2) is 33.6 Å². The van der Waals surface area contributed by atoms with Crippen LogP contribution in [0.2, 0.25) is 0 Å². The predicted octanol–water partition coefficient (Wildman–Crippen LogP) is 3.29. The van der Waals surface area contributed by atoms with Crippen molar-refractivity contribution in [3.8, 4) is 11.5 Å². The molecule has 32 heavy (non-hydrogen) atoms. The third kappa shape index (κ3) is 5.09. The lowest BCUT2D eigenvalue weighted by atomic mass is 10.1. The third-order valence-corrected chi connectivity index (χ3v) is 6.59. The molecule has 166 valence electrons. The second kappa shape index (κ2) is 9.42. The van der Waals surface area contributed by atoms with E-state index in [9.17, 15) is 13.2 Å². The number of aryl methyl sites for hydroxylation is 1. The number of nitrogens with one attached hydrogen (secondary N) is 2. The summed E-state index contributed by atoms with van der Waals surface area (Å²) in [6.45, 7) is 2.64. The van der Waals surface area contributed by atoms with Gasteiger partial charge in [-0.15, -0.1) is 0 Å². The maximum absolute atomic E-state index is 13.2. The van der Waals surface area contributed by atoms with Gasteiger partial charge in [0.2, 0.25) is 15.9 Å². The van der Waals surface area contributed by atoms with Crippen LogP contribution in [0.1, 0.15) is 11.1 Å². The Bertz CT molecular complexity index is 1210. The van der Waals surface area contributed by atoms with E-state index in [-0.39, 0.29) is 11.3 Å². The molecule has 0 radical (unpaired) electrons. The summed E-state index contributed by atoms with van der Waals surface area (Å²) >= 11 is 0. The molecule has 1 aliphatic rings. The number of sulfonamides is 1. The number of ether oxygens (including phenoxy) is 2. The van der Waals surface area contributed by atoms with E-state index in [1.54, 1.807) is 12.1 Å². The Morgan fingerprint density at radius 2 is 1.62 bits per heavy atom. The molecule has 1 heterocycles. The average Bonchev–Trinajstić information content (AvgIpc) is 2.80. The van der Waals surface area contributed by atoms with Gasteiger partial charge in [-0.1, -0.05) is 48.5 Å². The Hall–Kier alpha value is -3.36. The van der Waals surface area contributed by atoms with E-state index in [2.05, 4.69) is 10.0 Å². The number of benzene rings is 3. The van der Waals surface area contributed by atoms with Gasteiger partial charge in [0.25, 0.3) is 0 Å². The van der Waals surface area contributed by atoms with Crippen molar-refractivity contribution in [2.75, 3.05) is 18.5 Å². The second-order valence-corrected chi connectivity index (χ2v) is 9.19. The molecule has 7 nitrogen and oxygen atoms in total. The van der Waals surface area contributed by atoms with Gasteiger partial charge in [0, 0.05) is 11.8 Å². The zero-order valence-electron chi connectivity index (χ0n) is 17.6. The molecule has 0 saturated heterocycles. The molecule has 1 atom stereocenters. The predicted molar refractivity (Wildman–Crippen MR) is 121 cm³/mol. The number of para-hydroxylation sites is 1. The van der Waals surface area contributed by atoms with E-state index >= 15 is 0 Å². The minimum atomic E-state index is -4.01. The van der Waals surface area contributed by atoms with Crippen molar-refractivity contribution < 1.29 is 22.7 Å². The van der Waals surface area contributed by atoms with Gasteiger partial charge in [-0.25, -0.2) is 8.42 Å². The topological polar surface area (TPSA) is 93.7 Å². The molecular weight excluding hydrogens is 428 g/mol. The molecule has 1 unspecified atom stereocenters. The Morgan fingerprint density at radius 3 is 2.38 bits per heavy atom. The number of fused-ring (bicyclic) bond motifs is 1. The first kappa shape index (κ1) is 21.9. The molecule has 3 aromatic carbocycles. The van der Waals surface area contributed by atoms with Crippen LogP contribution < -0.4 is 19.5 Å². The summed E-state index contributed by atoms with van der Waals surface area (Å²) < 4.78 is 39.8. The smallest absolute Gasteiger partial charge is 0.242 e. The number of carbonyl (C=O) groups is 1. The van der Waals surface area contributed by atoms with Crippen LogP contribution in [0, 0.1) is 6.92 Å². The molecule has 8 heteroatoms. The highest BCUT2D eigenvalue weighted by molar-refractivity contribution is 7.89. The number of rotatable bonds is 7. The fourth-order valence-corrected chi connectivity index (χ4v) is 4.63. The Labute approximate surface area is 187 Å². The van der Waals surface area contributed by atoms with Gasteiger partial charge >= 0.3 is 0 Å². The first-order valence-electron chi connectivity index (χ1n) is 10.2. The van der Waals surface area contributed by atoms with E-state index in [1.807, 2.05) is 55.5 Å². The summed E-state index contributed by atoms with van der Waals surface area (Å²) in [5.74, 6) is 0.417. The summed E-state index contributed by atoms with van der Waals surface area (Å²) in [5.41, 5.74) is 2.35. The van der Waals surface area contributed by atoms with Crippen LogP contribution in [0.5, 0.6) is 11.5 Å². The highest BCUT2D eigenvalue weighted by atomic mass is 32.2. The number of amides is 1. The van der Waals surface area contributed by atoms with Crippen molar-refractivity contribution in [1.29, 1.82) is 0 Å².